The Labute approximate surface area is 495 Å². The van der Waals surface area contributed by atoms with Gasteiger partial charge in [-0.25, -0.2) is 0 Å². The molecular formula is C60H134O21. The molecule has 21 N–H and O–H groups in total. The molecule has 0 rings (SSSR count). The van der Waals surface area contributed by atoms with Gasteiger partial charge >= 0.3 is 0 Å². The predicted molar refractivity (Wildman–Crippen MR) is 348 cm³/mol. The van der Waals surface area contributed by atoms with Gasteiger partial charge in [-0.05, 0) is 90.0 Å². The van der Waals surface area contributed by atoms with Crippen LogP contribution in [0.3, 0.4) is 0 Å². The molecule has 21 nitrogen and oxygen atoms in total. The number of rotatable bonds is 14. The van der Waals surface area contributed by atoms with Crippen molar-refractivity contribution in [1.82, 2.24) is 0 Å². The molecule has 0 atom stereocenters. The zero-order chi connectivity index (χ0) is 70.1. The quantitative estimate of drug-likeness (QED) is 0.110. The summed E-state index contributed by atoms with van der Waals surface area (Å²) < 4.78 is 0. The maximum absolute atomic E-state index is 8.17. The monoisotopic (exact) mass is 1190 g/mol. The number of aliphatic hydroxyl groups excluding tert-OH is 21. The molecule has 21 heteroatoms. The maximum Gasteiger partial charge on any atom is 0.100 e. The second-order valence-corrected chi connectivity index (χ2v) is 12.4. The summed E-state index contributed by atoms with van der Waals surface area (Å²) in [5, 5.41) is 168. The highest BCUT2D eigenvalue weighted by Crippen LogP contribution is 1.75. The Morgan fingerprint density at radius 3 is 0.185 bits per heavy atom. The molecule has 0 radical (unpaired) electrons. The lowest BCUT2D eigenvalue weighted by Crippen LogP contribution is -2.15. The Hall–Kier alpha value is -4.22. The summed E-state index contributed by atoms with van der Waals surface area (Å²) in [6.07, 6.45) is 16.1. The van der Waals surface area contributed by atoms with Gasteiger partial charge in [-0.1, -0.05) is 79.0 Å². The van der Waals surface area contributed by atoms with Crippen molar-refractivity contribution in [1.29, 1.82) is 0 Å². The van der Waals surface area contributed by atoms with Crippen molar-refractivity contribution in [2.75, 3.05) is 92.5 Å². The summed E-state index contributed by atoms with van der Waals surface area (Å²) in [6, 6.07) is 0. The highest BCUT2D eigenvalue weighted by Gasteiger charge is 1.96. The third kappa shape index (κ3) is 729. The van der Waals surface area contributed by atoms with Gasteiger partial charge in [0.15, 0.2) is 0 Å². The second-order valence-electron chi connectivity index (χ2n) is 12.4. The van der Waals surface area contributed by atoms with E-state index in [0.717, 1.165) is 0 Å². The molecule has 500 valence electrons. The Kier molecular flexibility index (Phi) is 373. The normalized spacial score (nSPS) is 7.27. The first-order valence-electron chi connectivity index (χ1n) is 24.8. The van der Waals surface area contributed by atoms with Gasteiger partial charge in [0.2, 0.25) is 0 Å². The molecule has 0 aromatic rings. The van der Waals surface area contributed by atoms with E-state index in [1.54, 1.807) is 79.0 Å². The largest absolute Gasteiger partial charge is 0.394 e. The van der Waals surface area contributed by atoms with Crippen LogP contribution in [0, 0.1) is 0 Å². The van der Waals surface area contributed by atoms with Crippen LogP contribution < -0.4 is 0 Å². The molecule has 0 aliphatic rings. The van der Waals surface area contributed by atoms with E-state index >= 15 is 0 Å². The lowest BCUT2D eigenvalue weighted by molar-refractivity contribution is 0.0450. The molecule has 0 aliphatic carbocycles. The third-order valence-corrected chi connectivity index (χ3v) is 2.95. The molecule has 0 saturated carbocycles. The van der Waals surface area contributed by atoms with Gasteiger partial charge in [0.25, 0.3) is 0 Å². The van der Waals surface area contributed by atoms with E-state index in [9.17, 15) is 0 Å². The summed E-state index contributed by atoms with van der Waals surface area (Å²) in [4.78, 5) is 0. The molecule has 0 fully saturated rings. The standard InChI is InChI=1S/7C3H8O3.13C3H6/c7*4-1-3(6)2-5;13*1-3-2/h7*3-6H,1-2H2;13*3H,1H2,2H3. The Morgan fingerprint density at radius 2 is 0.185 bits per heavy atom. The van der Waals surface area contributed by atoms with Crippen molar-refractivity contribution in [3.05, 3.63) is 165 Å². The Bertz CT molecular complexity index is 689. The van der Waals surface area contributed by atoms with Crippen molar-refractivity contribution >= 4 is 0 Å². The Morgan fingerprint density at radius 1 is 0.160 bits per heavy atom. The van der Waals surface area contributed by atoms with Gasteiger partial charge in [-0.2, -0.15) is 0 Å². The minimum Gasteiger partial charge on any atom is -0.394 e. The molecule has 0 bridgehead atoms. The summed E-state index contributed by atoms with van der Waals surface area (Å²) in [5.41, 5.74) is 0. The summed E-state index contributed by atoms with van der Waals surface area (Å²) >= 11 is 0. The van der Waals surface area contributed by atoms with E-state index in [1.165, 1.54) is 0 Å². The second kappa shape index (κ2) is 221. The van der Waals surface area contributed by atoms with Gasteiger partial charge in [-0.3, -0.25) is 0 Å². The van der Waals surface area contributed by atoms with Gasteiger partial charge < -0.3 is 107 Å². The lowest BCUT2D eigenvalue weighted by atomic mass is 10.4. The van der Waals surface area contributed by atoms with Crippen molar-refractivity contribution in [2.45, 2.75) is 133 Å². The van der Waals surface area contributed by atoms with Crippen LogP contribution in [0.2, 0.25) is 0 Å². The number of aliphatic hydroxyl groups is 21. The fourth-order valence-corrected chi connectivity index (χ4v) is 0.404. The highest BCUT2D eigenvalue weighted by atomic mass is 16.4. The first-order chi connectivity index (χ1) is 38.0. The van der Waals surface area contributed by atoms with Crippen LogP contribution in [0.25, 0.3) is 0 Å². The summed E-state index contributed by atoms with van der Waals surface area (Å²) in [7, 11) is 0. The molecule has 0 saturated heterocycles. The predicted octanol–water partition coefficient (Wildman–Crippen LogP) is 3.82. The van der Waals surface area contributed by atoms with Gasteiger partial charge in [-0.15, -0.1) is 85.5 Å². The van der Waals surface area contributed by atoms with Crippen molar-refractivity contribution in [3.8, 4) is 0 Å². The Balaban J connectivity index is -0.0000000271. The van der Waals surface area contributed by atoms with E-state index < -0.39 is 42.7 Å². The SMILES string of the molecule is C=CC.C=CC.C=CC.C=CC.C=CC.C=CC.C=CC.C=CC.C=CC.C=CC.C=CC.C=CC.C=CC.OCC(O)CO.OCC(O)CO.OCC(O)CO.OCC(O)CO.OCC(O)CO.OCC(O)CO.OCC(O)CO. The molecule has 0 aliphatic heterocycles. The van der Waals surface area contributed by atoms with E-state index in [1.807, 2.05) is 90.0 Å². The van der Waals surface area contributed by atoms with Crippen LogP contribution in [-0.4, -0.2) is 242 Å². The van der Waals surface area contributed by atoms with Crippen LogP contribution in [-0.2, 0) is 0 Å². The molecule has 0 unspecified atom stereocenters. The number of allylic oxidation sites excluding steroid dienone is 13. The molecule has 0 aromatic carbocycles. The highest BCUT2D eigenvalue weighted by molar-refractivity contribution is 4.56. The molecule has 0 amide bonds. The maximum atomic E-state index is 8.17. The fraction of sp³-hybridized carbons (Fsp3) is 0.567. The summed E-state index contributed by atoms with van der Waals surface area (Å²) in [5.74, 6) is 0. The van der Waals surface area contributed by atoms with Crippen LogP contribution in [0.1, 0.15) is 90.0 Å². The minimum atomic E-state index is -0.954. The van der Waals surface area contributed by atoms with Crippen LogP contribution in [0.4, 0.5) is 0 Å². The summed E-state index contributed by atoms with van der Waals surface area (Å²) in [6.45, 7) is 63.1. The van der Waals surface area contributed by atoms with Gasteiger partial charge in [0, 0.05) is 0 Å². The van der Waals surface area contributed by atoms with Crippen LogP contribution in [0.5, 0.6) is 0 Å². The van der Waals surface area contributed by atoms with Gasteiger partial charge in [0.05, 0.1) is 92.5 Å². The van der Waals surface area contributed by atoms with Crippen molar-refractivity contribution in [3.63, 3.8) is 0 Å². The number of hydrogen-bond acceptors (Lipinski definition) is 21. The molecular weight excluding hydrogens is 1060 g/mol. The average molecular weight is 1190 g/mol. The topological polar surface area (TPSA) is 425 Å². The molecule has 0 aromatic heterocycles. The zero-order valence-electron chi connectivity index (χ0n) is 53.0. The van der Waals surface area contributed by atoms with E-state index in [2.05, 4.69) is 85.5 Å². The first kappa shape index (κ1) is 137. The van der Waals surface area contributed by atoms with E-state index in [0.29, 0.717) is 0 Å². The lowest BCUT2D eigenvalue weighted by Gasteiger charge is -1.96. The molecule has 0 heterocycles. The zero-order valence-corrected chi connectivity index (χ0v) is 53.0. The number of hydrogen-bond donors (Lipinski definition) is 21. The smallest absolute Gasteiger partial charge is 0.100 e. The van der Waals surface area contributed by atoms with Gasteiger partial charge in [0.1, 0.15) is 42.7 Å². The third-order valence-electron chi connectivity index (χ3n) is 2.95. The average Bonchev–Trinajstić information content (AvgIpc) is 3.45. The van der Waals surface area contributed by atoms with E-state index in [-0.39, 0.29) is 92.5 Å². The van der Waals surface area contributed by atoms with Crippen molar-refractivity contribution in [2.24, 2.45) is 0 Å². The van der Waals surface area contributed by atoms with Crippen LogP contribution in [0.15, 0.2) is 165 Å². The fourth-order valence-electron chi connectivity index (χ4n) is 0.404. The van der Waals surface area contributed by atoms with Crippen LogP contribution >= 0.6 is 0 Å². The molecule has 0 spiro atoms. The van der Waals surface area contributed by atoms with Crippen molar-refractivity contribution < 1.29 is 107 Å². The minimum absolute atomic E-state index is 0.365. The first-order valence-corrected chi connectivity index (χ1v) is 24.8. The molecule has 81 heavy (non-hydrogen) atoms. The van der Waals surface area contributed by atoms with E-state index in [4.69, 9.17) is 107 Å².